The maximum absolute atomic E-state index is 13.3. The number of fused-ring (bicyclic) bond motifs is 1. The fourth-order valence-electron chi connectivity index (χ4n) is 3.68. The van der Waals surface area contributed by atoms with E-state index in [1.54, 1.807) is 47.4 Å². The highest BCUT2D eigenvalue weighted by molar-refractivity contribution is 6.06. The van der Waals surface area contributed by atoms with Crippen molar-refractivity contribution in [3.05, 3.63) is 94.2 Å². The molecule has 4 aromatic rings. The number of halogens is 1. The van der Waals surface area contributed by atoms with Crippen LogP contribution >= 0.6 is 0 Å². The van der Waals surface area contributed by atoms with Crippen LogP contribution in [0.15, 0.2) is 71.5 Å². The second-order valence-electron chi connectivity index (χ2n) is 7.48. The van der Waals surface area contributed by atoms with Gasteiger partial charge in [0, 0.05) is 29.9 Å². The second kappa shape index (κ2) is 9.12. The van der Waals surface area contributed by atoms with E-state index in [0.717, 1.165) is 0 Å². The molecule has 8 heteroatoms. The van der Waals surface area contributed by atoms with Crippen molar-refractivity contribution in [1.82, 2.24) is 14.5 Å². The fraction of sp³-hybridized carbons (Fsp3) is 0.160. The van der Waals surface area contributed by atoms with Gasteiger partial charge in [-0.3, -0.25) is 14.2 Å². The maximum atomic E-state index is 13.3. The topological polar surface area (TPSA) is 87.2 Å². The van der Waals surface area contributed by atoms with E-state index in [9.17, 15) is 18.8 Å². The SMILES string of the molecule is CCN(CC)C(=O)c1ccc(NC(=O)c2ccc3[nH]c(=O)n(-c4ccc(F)cc4)c3c2)cc1. The molecule has 2 amide bonds. The monoisotopic (exact) mass is 446 g/mol. The molecule has 33 heavy (non-hydrogen) atoms. The van der Waals surface area contributed by atoms with Gasteiger partial charge >= 0.3 is 5.69 Å². The third-order valence-electron chi connectivity index (χ3n) is 5.47. The number of H-pyrrole nitrogens is 1. The average molecular weight is 446 g/mol. The van der Waals surface area contributed by atoms with Crippen molar-refractivity contribution in [3.63, 3.8) is 0 Å². The van der Waals surface area contributed by atoms with Gasteiger partial charge < -0.3 is 15.2 Å². The first kappa shape index (κ1) is 22.0. The molecule has 0 unspecified atom stereocenters. The van der Waals surface area contributed by atoms with Crippen molar-refractivity contribution in [2.24, 2.45) is 0 Å². The van der Waals surface area contributed by atoms with Crippen LogP contribution < -0.4 is 11.0 Å². The average Bonchev–Trinajstić information content (AvgIpc) is 3.15. The number of anilines is 1. The summed E-state index contributed by atoms with van der Waals surface area (Å²) in [4.78, 5) is 42.2. The number of rotatable bonds is 6. The van der Waals surface area contributed by atoms with Crippen molar-refractivity contribution in [2.75, 3.05) is 18.4 Å². The zero-order chi connectivity index (χ0) is 23.5. The van der Waals surface area contributed by atoms with E-state index in [1.165, 1.54) is 28.8 Å². The number of benzene rings is 3. The Labute approximate surface area is 189 Å². The van der Waals surface area contributed by atoms with Crippen LogP contribution in [-0.2, 0) is 0 Å². The molecule has 0 saturated heterocycles. The smallest absolute Gasteiger partial charge is 0.331 e. The minimum atomic E-state index is -0.406. The molecule has 0 bridgehead atoms. The van der Waals surface area contributed by atoms with Crippen molar-refractivity contribution in [1.29, 1.82) is 0 Å². The van der Waals surface area contributed by atoms with Gasteiger partial charge in [0.05, 0.1) is 16.7 Å². The van der Waals surface area contributed by atoms with E-state index in [4.69, 9.17) is 0 Å². The van der Waals surface area contributed by atoms with E-state index in [0.29, 0.717) is 46.6 Å². The summed E-state index contributed by atoms with van der Waals surface area (Å²) in [5, 5.41) is 2.81. The van der Waals surface area contributed by atoms with Gasteiger partial charge in [-0.25, -0.2) is 9.18 Å². The number of hydrogen-bond acceptors (Lipinski definition) is 3. The van der Waals surface area contributed by atoms with Gasteiger partial charge in [0.25, 0.3) is 11.8 Å². The molecule has 0 aliphatic heterocycles. The molecule has 4 rings (SSSR count). The van der Waals surface area contributed by atoms with Crippen LogP contribution in [0, 0.1) is 5.82 Å². The summed E-state index contributed by atoms with van der Waals surface area (Å²) >= 11 is 0. The van der Waals surface area contributed by atoms with Gasteiger partial charge in [0.2, 0.25) is 0 Å². The predicted octanol–water partition coefficient (Wildman–Crippen LogP) is 4.19. The fourth-order valence-corrected chi connectivity index (χ4v) is 3.68. The minimum absolute atomic E-state index is 0.0606. The Bertz CT molecular complexity index is 1370. The van der Waals surface area contributed by atoms with E-state index in [-0.39, 0.29) is 17.5 Å². The molecular weight excluding hydrogens is 423 g/mol. The summed E-state index contributed by atoms with van der Waals surface area (Å²) in [5.41, 5.74) is 2.59. The van der Waals surface area contributed by atoms with E-state index in [2.05, 4.69) is 10.3 Å². The second-order valence-corrected chi connectivity index (χ2v) is 7.48. The normalized spacial score (nSPS) is 10.9. The number of carbonyl (C=O) groups is 2. The highest BCUT2D eigenvalue weighted by atomic mass is 19.1. The van der Waals surface area contributed by atoms with Gasteiger partial charge in [-0.05, 0) is 80.6 Å². The Morgan fingerprint density at radius 2 is 1.58 bits per heavy atom. The lowest BCUT2D eigenvalue weighted by Crippen LogP contribution is -2.30. The number of aromatic amines is 1. The third-order valence-corrected chi connectivity index (χ3v) is 5.47. The number of aromatic nitrogens is 2. The van der Waals surface area contributed by atoms with Crippen LogP contribution in [0.25, 0.3) is 16.7 Å². The summed E-state index contributed by atoms with van der Waals surface area (Å²) in [6.45, 7) is 5.09. The van der Waals surface area contributed by atoms with Crippen LogP contribution in [0.4, 0.5) is 10.1 Å². The van der Waals surface area contributed by atoms with E-state index in [1.807, 2.05) is 13.8 Å². The zero-order valence-corrected chi connectivity index (χ0v) is 18.3. The van der Waals surface area contributed by atoms with Crippen LogP contribution in [0.1, 0.15) is 34.6 Å². The molecule has 0 fully saturated rings. The predicted molar refractivity (Wildman–Crippen MR) is 126 cm³/mol. The van der Waals surface area contributed by atoms with E-state index >= 15 is 0 Å². The quantitative estimate of drug-likeness (QED) is 0.466. The Balaban J connectivity index is 1.59. The van der Waals surface area contributed by atoms with Gasteiger partial charge in [0.15, 0.2) is 0 Å². The van der Waals surface area contributed by atoms with Crippen LogP contribution in [0.5, 0.6) is 0 Å². The lowest BCUT2D eigenvalue weighted by molar-refractivity contribution is 0.0773. The van der Waals surface area contributed by atoms with Crippen LogP contribution in [0.3, 0.4) is 0 Å². The number of carbonyl (C=O) groups excluding carboxylic acids is 2. The molecule has 0 saturated carbocycles. The first-order chi connectivity index (χ1) is 15.9. The van der Waals surface area contributed by atoms with Crippen LogP contribution in [-0.4, -0.2) is 39.4 Å². The summed E-state index contributed by atoms with van der Waals surface area (Å²) in [5.74, 6) is -0.829. The van der Waals surface area contributed by atoms with Gasteiger partial charge in [-0.1, -0.05) is 0 Å². The standard InChI is InChI=1S/C25H23FN4O3/c1-3-29(4-2)24(32)16-5-10-19(11-6-16)27-23(31)17-7-14-21-22(15-17)30(25(33)28-21)20-12-8-18(26)9-13-20/h5-15H,3-4H2,1-2H3,(H,27,31)(H,28,33). The lowest BCUT2D eigenvalue weighted by Gasteiger charge is -2.18. The summed E-state index contributed by atoms with van der Waals surface area (Å²) in [6, 6.07) is 17.1. The highest BCUT2D eigenvalue weighted by Gasteiger charge is 2.15. The van der Waals surface area contributed by atoms with Crippen molar-refractivity contribution >= 4 is 28.5 Å². The molecule has 7 nitrogen and oxygen atoms in total. The molecule has 3 aromatic carbocycles. The van der Waals surface area contributed by atoms with Crippen LogP contribution in [0.2, 0.25) is 0 Å². The van der Waals surface area contributed by atoms with Gasteiger partial charge in [0.1, 0.15) is 5.82 Å². The summed E-state index contributed by atoms with van der Waals surface area (Å²) in [6.07, 6.45) is 0. The molecule has 168 valence electrons. The number of amides is 2. The van der Waals surface area contributed by atoms with Crippen molar-refractivity contribution in [3.8, 4) is 5.69 Å². The minimum Gasteiger partial charge on any atom is -0.339 e. The molecule has 1 aromatic heterocycles. The number of nitrogens with zero attached hydrogens (tertiary/aromatic N) is 2. The summed E-state index contributed by atoms with van der Waals surface area (Å²) < 4.78 is 14.7. The van der Waals surface area contributed by atoms with Crippen molar-refractivity contribution in [2.45, 2.75) is 13.8 Å². The Kier molecular flexibility index (Phi) is 6.08. The Hall–Kier alpha value is -4.20. The molecule has 0 radical (unpaired) electrons. The maximum Gasteiger partial charge on any atom is 0.331 e. The third kappa shape index (κ3) is 4.41. The summed E-state index contributed by atoms with van der Waals surface area (Å²) in [7, 11) is 0. The Morgan fingerprint density at radius 1 is 0.939 bits per heavy atom. The largest absolute Gasteiger partial charge is 0.339 e. The van der Waals surface area contributed by atoms with Gasteiger partial charge in [-0.2, -0.15) is 0 Å². The molecule has 0 aliphatic carbocycles. The number of nitrogens with one attached hydrogen (secondary N) is 2. The molecule has 0 atom stereocenters. The first-order valence-electron chi connectivity index (χ1n) is 10.6. The zero-order valence-electron chi connectivity index (χ0n) is 18.3. The molecular formula is C25H23FN4O3. The number of imidazole rings is 1. The molecule has 1 heterocycles. The van der Waals surface area contributed by atoms with E-state index < -0.39 is 5.82 Å². The highest BCUT2D eigenvalue weighted by Crippen LogP contribution is 2.19. The Morgan fingerprint density at radius 3 is 2.21 bits per heavy atom. The number of hydrogen-bond donors (Lipinski definition) is 2. The van der Waals surface area contributed by atoms with Crippen molar-refractivity contribution < 1.29 is 14.0 Å². The lowest BCUT2D eigenvalue weighted by atomic mass is 10.1. The molecule has 0 aliphatic rings. The first-order valence-corrected chi connectivity index (χ1v) is 10.6. The molecule has 0 spiro atoms. The molecule has 2 N–H and O–H groups in total. The van der Waals surface area contributed by atoms with Gasteiger partial charge in [-0.15, -0.1) is 0 Å².